The lowest BCUT2D eigenvalue weighted by molar-refractivity contribution is 0.0940. The topological polar surface area (TPSA) is 29.1 Å². The highest BCUT2D eigenvalue weighted by Crippen LogP contribution is 2.25. The van der Waals surface area contributed by atoms with Crippen LogP contribution >= 0.6 is 23.2 Å². The first-order valence-corrected chi connectivity index (χ1v) is 6.64. The average Bonchev–Trinajstić information content (AvgIpc) is 2.42. The number of rotatable bonds is 3. The lowest BCUT2D eigenvalue weighted by atomic mass is 10.1. The second kappa shape index (κ2) is 6.09. The van der Waals surface area contributed by atoms with E-state index >= 15 is 0 Å². The SMILES string of the molecule is C[C@H](NC(=O)c1ccccc1)c1ccc(Cl)c(Cl)c1. The Balaban J connectivity index is 2.10. The molecule has 0 aromatic heterocycles. The number of hydrogen-bond acceptors (Lipinski definition) is 1. The maximum Gasteiger partial charge on any atom is 0.251 e. The molecule has 1 atom stereocenters. The van der Waals surface area contributed by atoms with E-state index in [1.54, 1.807) is 24.3 Å². The number of carbonyl (C=O) groups excluding carboxylic acids is 1. The first kappa shape index (κ1) is 13.9. The van der Waals surface area contributed by atoms with Gasteiger partial charge in [0.15, 0.2) is 0 Å². The van der Waals surface area contributed by atoms with Crippen molar-refractivity contribution in [3.05, 3.63) is 69.7 Å². The van der Waals surface area contributed by atoms with Crippen molar-refractivity contribution >= 4 is 29.1 Å². The Morgan fingerprint density at radius 2 is 1.74 bits per heavy atom. The van der Waals surface area contributed by atoms with E-state index in [9.17, 15) is 4.79 Å². The van der Waals surface area contributed by atoms with Crippen molar-refractivity contribution in [3.63, 3.8) is 0 Å². The van der Waals surface area contributed by atoms with Gasteiger partial charge in [0.25, 0.3) is 5.91 Å². The first-order chi connectivity index (χ1) is 9.08. The van der Waals surface area contributed by atoms with Crippen LogP contribution in [-0.4, -0.2) is 5.91 Å². The van der Waals surface area contributed by atoms with Crippen LogP contribution in [0.1, 0.15) is 28.9 Å². The third-order valence-corrected chi connectivity index (χ3v) is 3.57. The minimum atomic E-state index is -0.137. The molecule has 0 aliphatic carbocycles. The van der Waals surface area contributed by atoms with Crippen molar-refractivity contribution < 1.29 is 4.79 Å². The summed E-state index contributed by atoms with van der Waals surface area (Å²) in [4.78, 5) is 12.0. The molecule has 2 aromatic carbocycles. The summed E-state index contributed by atoms with van der Waals surface area (Å²) in [6.45, 7) is 1.90. The molecule has 0 aliphatic heterocycles. The molecule has 1 amide bonds. The summed E-state index contributed by atoms with van der Waals surface area (Å²) < 4.78 is 0. The molecular formula is C15H13Cl2NO. The smallest absolute Gasteiger partial charge is 0.251 e. The second-order valence-corrected chi connectivity index (χ2v) is 5.05. The van der Waals surface area contributed by atoms with Gasteiger partial charge < -0.3 is 5.32 Å². The molecule has 0 bridgehead atoms. The molecule has 2 rings (SSSR count). The van der Waals surface area contributed by atoms with E-state index in [-0.39, 0.29) is 11.9 Å². The Bertz CT molecular complexity index is 584. The highest BCUT2D eigenvalue weighted by atomic mass is 35.5. The van der Waals surface area contributed by atoms with Gasteiger partial charge in [-0.25, -0.2) is 0 Å². The van der Waals surface area contributed by atoms with Crippen LogP contribution in [0.2, 0.25) is 10.0 Å². The standard InChI is InChI=1S/C15H13Cl2NO/c1-10(12-7-8-13(16)14(17)9-12)18-15(19)11-5-3-2-4-6-11/h2-10H,1H3,(H,18,19)/t10-/m0/s1. The van der Waals surface area contributed by atoms with Crippen molar-refractivity contribution in [1.82, 2.24) is 5.32 Å². The number of halogens is 2. The minimum Gasteiger partial charge on any atom is -0.346 e. The fraction of sp³-hybridized carbons (Fsp3) is 0.133. The van der Waals surface area contributed by atoms with Crippen LogP contribution < -0.4 is 5.32 Å². The largest absolute Gasteiger partial charge is 0.346 e. The summed E-state index contributed by atoms with van der Waals surface area (Å²) in [5.41, 5.74) is 1.55. The molecule has 2 aromatic rings. The van der Waals surface area contributed by atoms with Gasteiger partial charge in [0.1, 0.15) is 0 Å². The van der Waals surface area contributed by atoms with Crippen LogP contribution in [0.15, 0.2) is 48.5 Å². The van der Waals surface area contributed by atoms with Gasteiger partial charge in [-0.15, -0.1) is 0 Å². The Hall–Kier alpha value is -1.51. The zero-order valence-corrected chi connectivity index (χ0v) is 11.9. The van der Waals surface area contributed by atoms with Crippen molar-refractivity contribution in [2.75, 3.05) is 0 Å². The Kier molecular flexibility index (Phi) is 4.46. The molecule has 19 heavy (non-hydrogen) atoms. The van der Waals surface area contributed by atoms with E-state index in [0.717, 1.165) is 5.56 Å². The molecule has 4 heteroatoms. The first-order valence-electron chi connectivity index (χ1n) is 5.89. The van der Waals surface area contributed by atoms with Gasteiger partial charge in [0, 0.05) is 5.56 Å². The predicted octanol–water partition coefficient (Wildman–Crippen LogP) is 4.48. The minimum absolute atomic E-state index is 0.112. The van der Waals surface area contributed by atoms with Crippen molar-refractivity contribution in [2.45, 2.75) is 13.0 Å². The van der Waals surface area contributed by atoms with Gasteiger partial charge in [0.2, 0.25) is 0 Å². The maximum absolute atomic E-state index is 12.0. The molecule has 0 radical (unpaired) electrons. The molecule has 0 spiro atoms. The molecule has 98 valence electrons. The molecule has 0 unspecified atom stereocenters. The van der Waals surface area contributed by atoms with E-state index in [2.05, 4.69) is 5.32 Å². The maximum atomic E-state index is 12.0. The lowest BCUT2D eigenvalue weighted by Gasteiger charge is -2.15. The Morgan fingerprint density at radius 1 is 1.05 bits per heavy atom. The second-order valence-electron chi connectivity index (χ2n) is 4.23. The third-order valence-electron chi connectivity index (χ3n) is 2.83. The van der Waals surface area contributed by atoms with Gasteiger partial charge in [0.05, 0.1) is 16.1 Å². The van der Waals surface area contributed by atoms with Crippen LogP contribution in [0, 0.1) is 0 Å². The van der Waals surface area contributed by atoms with Gasteiger partial charge in [-0.1, -0.05) is 47.5 Å². The summed E-state index contributed by atoms with van der Waals surface area (Å²) in [7, 11) is 0. The fourth-order valence-electron chi connectivity index (χ4n) is 1.73. The van der Waals surface area contributed by atoms with Crippen molar-refractivity contribution in [2.24, 2.45) is 0 Å². The highest BCUT2D eigenvalue weighted by Gasteiger charge is 2.12. The molecular weight excluding hydrogens is 281 g/mol. The number of carbonyl (C=O) groups is 1. The number of amides is 1. The van der Waals surface area contributed by atoms with Gasteiger partial charge in [-0.3, -0.25) is 4.79 Å². The van der Waals surface area contributed by atoms with Crippen molar-refractivity contribution in [1.29, 1.82) is 0 Å². The number of nitrogens with one attached hydrogen (secondary N) is 1. The van der Waals surface area contributed by atoms with Gasteiger partial charge in [-0.2, -0.15) is 0 Å². The quantitative estimate of drug-likeness (QED) is 0.888. The van der Waals surface area contributed by atoms with Crippen molar-refractivity contribution in [3.8, 4) is 0 Å². The highest BCUT2D eigenvalue weighted by molar-refractivity contribution is 6.42. The molecule has 2 nitrogen and oxygen atoms in total. The molecule has 0 saturated carbocycles. The van der Waals surface area contributed by atoms with Gasteiger partial charge >= 0.3 is 0 Å². The summed E-state index contributed by atoms with van der Waals surface area (Å²) in [5.74, 6) is -0.112. The van der Waals surface area contributed by atoms with E-state index in [0.29, 0.717) is 15.6 Å². The molecule has 0 heterocycles. The monoisotopic (exact) mass is 293 g/mol. The van der Waals surface area contributed by atoms with E-state index in [1.165, 1.54) is 0 Å². The zero-order valence-electron chi connectivity index (χ0n) is 10.4. The van der Waals surface area contributed by atoms with Crippen LogP contribution in [-0.2, 0) is 0 Å². The molecule has 0 aliphatic rings. The molecule has 1 N–H and O–H groups in total. The molecule has 0 saturated heterocycles. The normalized spacial score (nSPS) is 11.9. The van der Waals surface area contributed by atoms with E-state index in [4.69, 9.17) is 23.2 Å². The summed E-state index contributed by atoms with van der Waals surface area (Å²) >= 11 is 11.8. The third kappa shape index (κ3) is 3.49. The van der Waals surface area contributed by atoms with E-state index in [1.807, 2.05) is 31.2 Å². The molecule has 0 fully saturated rings. The van der Waals surface area contributed by atoms with Crippen LogP contribution in [0.3, 0.4) is 0 Å². The number of hydrogen-bond donors (Lipinski definition) is 1. The average molecular weight is 294 g/mol. The summed E-state index contributed by atoms with van der Waals surface area (Å²) in [6.07, 6.45) is 0. The number of benzene rings is 2. The Morgan fingerprint density at radius 3 is 2.37 bits per heavy atom. The summed E-state index contributed by atoms with van der Waals surface area (Å²) in [5, 5.41) is 3.91. The summed E-state index contributed by atoms with van der Waals surface area (Å²) in [6, 6.07) is 14.3. The van der Waals surface area contributed by atoms with E-state index < -0.39 is 0 Å². The fourth-order valence-corrected chi connectivity index (χ4v) is 2.04. The van der Waals surface area contributed by atoms with Crippen LogP contribution in [0.5, 0.6) is 0 Å². The Labute approximate surface area is 122 Å². The zero-order chi connectivity index (χ0) is 13.8. The lowest BCUT2D eigenvalue weighted by Crippen LogP contribution is -2.26. The van der Waals surface area contributed by atoms with Crippen LogP contribution in [0.25, 0.3) is 0 Å². The van der Waals surface area contributed by atoms with Gasteiger partial charge in [-0.05, 0) is 36.8 Å². The predicted molar refractivity (Wildman–Crippen MR) is 78.8 cm³/mol. The van der Waals surface area contributed by atoms with Crippen LogP contribution in [0.4, 0.5) is 0 Å².